The van der Waals surface area contributed by atoms with Gasteiger partial charge in [0.15, 0.2) is 17.5 Å². The lowest BCUT2D eigenvalue weighted by Gasteiger charge is -2.21. The molecule has 1 heterocycles. The summed E-state index contributed by atoms with van der Waals surface area (Å²) in [5.41, 5.74) is 9.38. The minimum Gasteiger partial charge on any atom is -0.486 e. The van der Waals surface area contributed by atoms with Crippen LogP contribution in [0.25, 0.3) is 67.2 Å². The normalized spacial score (nSPS) is 11.7. The molecule has 0 fully saturated rings. The van der Waals surface area contributed by atoms with Crippen molar-refractivity contribution in [1.82, 2.24) is 15.0 Å². The molecule has 4 heteroatoms. The molecule has 0 N–H and O–H groups in total. The highest BCUT2D eigenvalue weighted by Gasteiger charge is 2.18. The first-order valence-electron chi connectivity index (χ1n) is 15.9. The van der Waals surface area contributed by atoms with Gasteiger partial charge in [0.05, 0.1) is 0 Å². The van der Waals surface area contributed by atoms with Gasteiger partial charge in [0.1, 0.15) is 11.9 Å². The van der Waals surface area contributed by atoms with E-state index in [9.17, 15) is 0 Å². The van der Waals surface area contributed by atoms with E-state index in [0.717, 1.165) is 55.8 Å². The van der Waals surface area contributed by atoms with Gasteiger partial charge in [-0.05, 0) is 77.1 Å². The van der Waals surface area contributed by atoms with Crippen LogP contribution in [0.1, 0.15) is 19.4 Å². The van der Waals surface area contributed by atoms with Crippen LogP contribution in [0.2, 0.25) is 0 Å². The lowest BCUT2D eigenvalue weighted by atomic mass is 9.87. The monoisotopic (exact) mass is 609 g/mol. The molecule has 7 aromatic rings. The van der Waals surface area contributed by atoms with Crippen molar-refractivity contribution in [1.29, 1.82) is 0 Å². The molecule has 1 atom stereocenters. The molecular weight excluding hydrogens is 574 g/mol. The van der Waals surface area contributed by atoms with Gasteiger partial charge >= 0.3 is 0 Å². The fourth-order valence-electron chi connectivity index (χ4n) is 5.87. The van der Waals surface area contributed by atoms with Crippen molar-refractivity contribution < 1.29 is 4.74 Å². The van der Waals surface area contributed by atoms with E-state index < -0.39 is 0 Å². The Hall–Kier alpha value is -5.87. The molecule has 0 spiro atoms. The molecule has 0 radical (unpaired) electrons. The zero-order chi connectivity index (χ0) is 32.3. The molecule has 0 saturated carbocycles. The van der Waals surface area contributed by atoms with Crippen molar-refractivity contribution in [2.24, 2.45) is 0 Å². The fourth-order valence-corrected chi connectivity index (χ4v) is 5.87. The lowest BCUT2D eigenvalue weighted by molar-refractivity contribution is 0.256. The molecule has 0 amide bonds. The van der Waals surface area contributed by atoms with E-state index in [1.807, 2.05) is 80.6 Å². The number of benzene rings is 6. The predicted octanol–water partition coefficient (Wildman–Crippen LogP) is 11.0. The SMILES string of the molecule is C=C(C)C(C)Oc1cccc(-c2c(-c3cccc(-c4nc(-c5ccccc5)nc(-c5ccccc5)n4)c3)ccc3ccccc23)c1C. The Labute approximate surface area is 276 Å². The molecule has 1 unspecified atom stereocenters. The second-order valence-electron chi connectivity index (χ2n) is 11.9. The lowest BCUT2D eigenvalue weighted by Crippen LogP contribution is -2.13. The highest BCUT2D eigenvalue weighted by molar-refractivity contribution is 6.05. The highest BCUT2D eigenvalue weighted by atomic mass is 16.5. The van der Waals surface area contributed by atoms with Gasteiger partial charge in [-0.2, -0.15) is 0 Å². The van der Waals surface area contributed by atoms with Gasteiger partial charge in [-0.1, -0.05) is 134 Å². The zero-order valence-corrected chi connectivity index (χ0v) is 26.8. The number of nitrogens with zero attached hydrogens (tertiary/aromatic N) is 3. The fraction of sp³-hybridized carbons (Fsp3) is 0.0930. The molecule has 0 aliphatic heterocycles. The molecule has 0 saturated heterocycles. The number of aromatic nitrogens is 3. The third-order valence-corrected chi connectivity index (χ3v) is 8.61. The van der Waals surface area contributed by atoms with Crippen molar-refractivity contribution in [2.45, 2.75) is 26.9 Å². The first-order chi connectivity index (χ1) is 23.0. The van der Waals surface area contributed by atoms with E-state index in [4.69, 9.17) is 19.7 Å². The van der Waals surface area contributed by atoms with E-state index in [1.54, 1.807) is 0 Å². The average molecular weight is 610 g/mol. The van der Waals surface area contributed by atoms with Gasteiger partial charge in [0.2, 0.25) is 0 Å². The van der Waals surface area contributed by atoms with E-state index in [0.29, 0.717) is 17.5 Å². The van der Waals surface area contributed by atoms with Crippen LogP contribution < -0.4 is 4.74 Å². The summed E-state index contributed by atoms with van der Waals surface area (Å²) < 4.78 is 6.38. The van der Waals surface area contributed by atoms with Crippen LogP contribution in [-0.2, 0) is 0 Å². The summed E-state index contributed by atoms with van der Waals surface area (Å²) in [7, 11) is 0. The summed E-state index contributed by atoms with van der Waals surface area (Å²) >= 11 is 0. The molecule has 47 heavy (non-hydrogen) atoms. The molecule has 0 aliphatic rings. The van der Waals surface area contributed by atoms with Crippen molar-refractivity contribution in [3.63, 3.8) is 0 Å². The largest absolute Gasteiger partial charge is 0.486 e. The number of fused-ring (bicyclic) bond motifs is 1. The summed E-state index contributed by atoms with van der Waals surface area (Å²) in [6.45, 7) is 10.3. The Morgan fingerprint density at radius 1 is 0.574 bits per heavy atom. The van der Waals surface area contributed by atoms with Gasteiger partial charge in [-0.3, -0.25) is 0 Å². The van der Waals surface area contributed by atoms with Gasteiger partial charge < -0.3 is 4.74 Å². The molecule has 0 aliphatic carbocycles. The standard InChI is InChI=1S/C43H35N3O/c1-28(2)30(4)47-39-24-14-23-36(29(39)3)40-37-22-12-11-15-31(37)25-26-38(40)34-20-13-21-35(27-34)43-45-41(32-16-7-5-8-17-32)44-42(46-43)33-18-9-6-10-19-33/h5-27,30H,1H2,2-4H3. The van der Waals surface area contributed by atoms with Crippen molar-refractivity contribution in [3.05, 3.63) is 157 Å². The zero-order valence-electron chi connectivity index (χ0n) is 26.8. The number of hydrogen-bond acceptors (Lipinski definition) is 4. The maximum Gasteiger partial charge on any atom is 0.164 e. The summed E-state index contributed by atoms with van der Waals surface area (Å²) in [5, 5.41) is 2.36. The molecule has 7 rings (SSSR count). The number of ether oxygens (including phenoxy) is 1. The Morgan fingerprint density at radius 2 is 1.13 bits per heavy atom. The van der Waals surface area contributed by atoms with E-state index in [-0.39, 0.29) is 6.10 Å². The minimum atomic E-state index is -0.0884. The van der Waals surface area contributed by atoms with E-state index >= 15 is 0 Å². The van der Waals surface area contributed by atoms with Crippen LogP contribution >= 0.6 is 0 Å². The van der Waals surface area contributed by atoms with Crippen LogP contribution in [0, 0.1) is 6.92 Å². The Morgan fingerprint density at radius 3 is 1.79 bits per heavy atom. The molecule has 228 valence electrons. The van der Waals surface area contributed by atoms with Crippen LogP contribution in [0.4, 0.5) is 0 Å². The Balaban J connectivity index is 1.40. The van der Waals surface area contributed by atoms with Gasteiger partial charge in [0.25, 0.3) is 0 Å². The van der Waals surface area contributed by atoms with Gasteiger partial charge in [0, 0.05) is 16.7 Å². The summed E-state index contributed by atoms with van der Waals surface area (Å²) in [4.78, 5) is 14.9. The van der Waals surface area contributed by atoms with Crippen LogP contribution in [0.5, 0.6) is 5.75 Å². The average Bonchev–Trinajstić information content (AvgIpc) is 3.12. The first kappa shape index (κ1) is 29.8. The molecular formula is C43H35N3O. The highest BCUT2D eigenvalue weighted by Crippen LogP contribution is 2.42. The topological polar surface area (TPSA) is 47.9 Å². The Bertz CT molecular complexity index is 2170. The molecule has 4 nitrogen and oxygen atoms in total. The Kier molecular flexibility index (Phi) is 8.16. The second kappa shape index (κ2) is 12.9. The quantitative estimate of drug-likeness (QED) is 0.161. The third-order valence-electron chi connectivity index (χ3n) is 8.61. The van der Waals surface area contributed by atoms with Crippen molar-refractivity contribution in [2.75, 3.05) is 0 Å². The third kappa shape index (κ3) is 6.06. The summed E-state index contributed by atoms with van der Waals surface area (Å²) in [5.74, 6) is 2.77. The maximum atomic E-state index is 6.38. The smallest absolute Gasteiger partial charge is 0.164 e. The van der Waals surface area contributed by atoms with E-state index in [2.05, 4.69) is 86.3 Å². The summed E-state index contributed by atoms with van der Waals surface area (Å²) in [6, 6.07) is 47.9. The van der Waals surface area contributed by atoms with Gasteiger partial charge in [-0.25, -0.2) is 15.0 Å². The van der Waals surface area contributed by atoms with Crippen molar-refractivity contribution >= 4 is 10.8 Å². The minimum absolute atomic E-state index is 0.0884. The molecule has 6 aromatic carbocycles. The van der Waals surface area contributed by atoms with Crippen LogP contribution in [-0.4, -0.2) is 21.1 Å². The van der Waals surface area contributed by atoms with E-state index in [1.165, 1.54) is 10.8 Å². The maximum absolute atomic E-state index is 6.38. The first-order valence-corrected chi connectivity index (χ1v) is 15.9. The second-order valence-corrected chi connectivity index (χ2v) is 11.9. The predicted molar refractivity (Wildman–Crippen MR) is 194 cm³/mol. The molecule has 1 aromatic heterocycles. The van der Waals surface area contributed by atoms with Crippen LogP contribution in [0.3, 0.4) is 0 Å². The molecule has 0 bridgehead atoms. The van der Waals surface area contributed by atoms with Gasteiger partial charge in [-0.15, -0.1) is 0 Å². The summed E-state index contributed by atoms with van der Waals surface area (Å²) in [6.07, 6.45) is -0.0884. The van der Waals surface area contributed by atoms with Crippen LogP contribution in [0.15, 0.2) is 152 Å². The number of rotatable bonds is 8. The van der Waals surface area contributed by atoms with Crippen molar-refractivity contribution in [3.8, 4) is 62.2 Å². The number of hydrogen-bond donors (Lipinski definition) is 0.